The summed E-state index contributed by atoms with van der Waals surface area (Å²) in [6, 6.07) is 0. The second-order valence-electron chi connectivity index (χ2n) is 4.98. The molecule has 2 heteroatoms. The molecule has 0 rings (SSSR count). The molecule has 0 amide bonds. The predicted octanol–water partition coefficient (Wildman–Crippen LogP) is 3.71. The molecule has 0 aliphatic carbocycles. The third-order valence-electron chi connectivity index (χ3n) is 2.05. The van der Waals surface area contributed by atoms with Crippen LogP contribution in [0.1, 0.15) is 53.4 Å². The minimum atomic E-state index is -0.0833. The van der Waals surface area contributed by atoms with Crippen molar-refractivity contribution < 1.29 is 9.53 Å². The van der Waals surface area contributed by atoms with E-state index in [1.807, 2.05) is 12.2 Å². The molecule has 0 aliphatic rings. The van der Waals surface area contributed by atoms with E-state index in [4.69, 9.17) is 4.74 Å². The molecular formula is C13H24O2. The highest BCUT2D eigenvalue weighted by Gasteiger charge is 2.11. The van der Waals surface area contributed by atoms with Gasteiger partial charge in [0.25, 0.3) is 0 Å². The summed E-state index contributed by atoms with van der Waals surface area (Å²) in [6.45, 7) is 9.02. The van der Waals surface area contributed by atoms with Crippen LogP contribution < -0.4 is 0 Å². The molecule has 0 atom stereocenters. The van der Waals surface area contributed by atoms with Gasteiger partial charge in [0.1, 0.15) is 6.61 Å². The molecule has 0 radical (unpaired) electrons. The summed E-state index contributed by atoms with van der Waals surface area (Å²) < 4.78 is 5.03. The third kappa shape index (κ3) is 11.1. The van der Waals surface area contributed by atoms with Crippen molar-refractivity contribution in [3.05, 3.63) is 12.2 Å². The Labute approximate surface area is 93.7 Å². The lowest BCUT2D eigenvalue weighted by Gasteiger charge is -2.16. The number of allylic oxidation sites excluding steroid dienone is 1. The standard InChI is InChI=1S/C13H24O2/c1-5-6-7-11-15-12(14)9-8-10-13(2,3)4/h6-7H,5,8-11H2,1-4H3/b7-6-. The Morgan fingerprint density at radius 2 is 1.93 bits per heavy atom. The smallest absolute Gasteiger partial charge is 0.306 e. The Hall–Kier alpha value is -0.790. The fourth-order valence-electron chi connectivity index (χ4n) is 1.21. The van der Waals surface area contributed by atoms with Crippen LogP contribution in [-0.4, -0.2) is 12.6 Å². The van der Waals surface area contributed by atoms with E-state index in [9.17, 15) is 4.79 Å². The molecule has 0 heterocycles. The number of ether oxygens (including phenoxy) is 1. The maximum absolute atomic E-state index is 11.2. The summed E-state index contributed by atoms with van der Waals surface area (Å²) in [5.41, 5.74) is 0.308. The van der Waals surface area contributed by atoms with Gasteiger partial charge in [-0.3, -0.25) is 4.79 Å². The zero-order valence-electron chi connectivity index (χ0n) is 10.5. The van der Waals surface area contributed by atoms with Gasteiger partial charge in [0, 0.05) is 6.42 Å². The average molecular weight is 212 g/mol. The number of carbonyl (C=O) groups excluding carboxylic acids is 1. The van der Waals surface area contributed by atoms with Crippen molar-refractivity contribution >= 4 is 5.97 Å². The minimum absolute atomic E-state index is 0.0833. The molecule has 0 bridgehead atoms. The summed E-state index contributed by atoms with van der Waals surface area (Å²) >= 11 is 0. The fraction of sp³-hybridized carbons (Fsp3) is 0.769. The molecule has 0 N–H and O–H groups in total. The maximum Gasteiger partial charge on any atom is 0.306 e. The Morgan fingerprint density at radius 3 is 2.47 bits per heavy atom. The zero-order valence-corrected chi connectivity index (χ0v) is 10.5. The monoisotopic (exact) mass is 212 g/mol. The molecule has 88 valence electrons. The quantitative estimate of drug-likeness (QED) is 0.495. The number of carbonyl (C=O) groups is 1. The first kappa shape index (κ1) is 14.2. The van der Waals surface area contributed by atoms with E-state index in [2.05, 4.69) is 27.7 Å². The van der Waals surface area contributed by atoms with Crippen LogP contribution in [0.15, 0.2) is 12.2 Å². The van der Waals surface area contributed by atoms with E-state index in [-0.39, 0.29) is 5.97 Å². The van der Waals surface area contributed by atoms with E-state index >= 15 is 0 Å². The minimum Gasteiger partial charge on any atom is -0.461 e. The van der Waals surface area contributed by atoms with Gasteiger partial charge in [-0.1, -0.05) is 39.8 Å². The molecule has 15 heavy (non-hydrogen) atoms. The van der Waals surface area contributed by atoms with Gasteiger partial charge in [0.2, 0.25) is 0 Å². The van der Waals surface area contributed by atoms with Crippen molar-refractivity contribution in [3.8, 4) is 0 Å². The first-order chi connectivity index (χ1) is 6.95. The molecule has 2 nitrogen and oxygen atoms in total. The van der Waals surface area contributed by atoms with Gasteiger partial charge in [-0.2, -0.15) is 0 Å². The van der Waals surface area contributed by atoms with Crippen molar-refractivity contribution in [1.29, 1.82) is 0 Å². The van der Waals surface area contributed by atoms with E-state index < -0.39 is 0 Å². The summed E-state index contributed by atoms with van der Waals surface area (Å²) in [5, 5.41) is 0. The molecule has 0 aromatic heterocycles. The van der Waals surface area contributed by atoms with Crippen LogP contribution >= 0.6 is 0 Å². The van der Waals surface area contributed by atoms with E-state index in [1.54, 1.807) is 0 Å². The second kappa shape index (κ2) is 7.49. The van der Waals surface area contributed by atoms with Crippen molar-refractivity contribution in [2.45, 2.75) is 53.4 Å². The summed E-state index contributed by atoms with van der Waals surface area (Å²) in [7, 11) is 0. The van der Waals surface area contributed by atoms with Crippen LogP contribution in [0.4, 0.5) is 0 Å². The molecule has 0 aromatic carbocycles. The van der Waals surface area contributed by atoms with Crippen LogP contribution in [0.25, 0.3) is 0 Å². The summed E-state index contributed by atoms with van der Waals surface area (Å²) in [5.74, 6) is -0.0833. The predicted molar refractivity (Wildman–Crippen MR) is 63.7 cm³/mol. The van der Waals surface area contributed by atoms with Crippen LogP contribution in [0.5, 0.6) is 0 Å². The van der Waals surface area contributed by atoms with Crippen LogP contribution in [-0.2, 0) is 9.53 Å². The third-order valence-corrected chi connectivity index (χ3v) is 2.05. The average Bonchev–Trinajstić information content (AvgIpc) is 2.10. The largest absolute Gasteiger partial charge is 0.461 e. The first-order valence-corrected chi connectivity index (χ1v) is 5.76. The van der Waals surface area contributed by atoms with Gasteiger partial charge in [-0.05, 0) is 24.7 Å². The van der Waals surface area contributed by atoms with Crippen LogP contribution in [0.2, 0.25) is 0 Å². The first-order valence-electron chi connectivity index (χ1n) is 5.76. The molecule has 0 fully saturated rings. The molecule has 0 saturated heterocycles. The zero-order chi connectivity index (χ0) is 11.7. The molecule has 0 aromatic rings. The Balaban J connectivity index is 3.46. The van der Waals surface area contributed by atoms with Gasteiger partial charge in [0.05, 0.1) is 0 Å². The van der Waals surface area contributed by atoms with E-state index in [0.29, 0.717) is 18.4 Å². The number of rotatable bonds is 6. The van der Waals surface area contributed by atoms with Crippen molar-refractivity contribution in [1.82, 2.24) is 0 Å². The Bertz CT molecular complexity index is 199. The van der Waals surface area contributed by atoms with Crippen molar-refractivity contribution in [2.24, 2.45) is 5.41 Å². The number of esters is 1. The molecular weight excluding hydrogens is 188 g/mol. The maximum atomic E-state index is 11.2. The topological polar surface area (TPSA) is 26.3 Å². The highest BCUT2D eigenvalue weighted by molar-refractivity contribution is 5.69. The van der Waals surface area contributed by atoms with E-state index in [1.165, 1.54) is 0 Å². The van der Waals surface area contributed by atoms with Gasteiger partial charge in [-0.25, -0.2) is 0 Å². The van der Waals surface area contributed by atoms with E-state index in [0.717, 1.165) is 19.3 Å². The normalized spacial score (nSPS) is 12.0. The highest BCUT2D eigenvalue weighted by Crippen LogP contribution is 2.21. The van der Waals surface area contributed by atoms with Gasteiger partial charge >= 0.3 is 5.97 Å². The van der Waals surface area contributed by atoms with Gasteiger partial charge in [-0.15, -0.1) is 0 Å². The lowest BCUT2D eigenvalue weighted by atomic mass is 9.90. The highest BCUT2D eigenvalue weighted by atomic mass is 16.5. The SMILES string of the molecule is CC/C=C\COC(=O)CCCC(C)(C)C. The number of hydrogen-bond donors (Lipinski definition) is 0. The summed E-state index contributed by atoms with van der Waals surface area (Å²) in [4.78, 5) is 11.2. The van der Waals surface area contributed by atoms with Gasteiger partial charge < -0.3 is 4.74 Å². The Kier molecular flexibility index (Phi) is 7.10. The number of hydrogen-bond acceptors (Lipinski definition) is 2. The second-order valence-corrected chi connectivity index (χ2v) is 4.98. The fourth-order valence-corrected chi connectivity index (χ4v) is 1.21. The molecule has 0 saturated carbocycles. The molecule has 0 spiro atoms. The lowest BCUT2D eigenvalue weighted by Crippen LogP contribution is -2.08. The summed E-state index contributed by atoms with van der Waals surface area (Å²) in [6.07, 6.45) is 7.40. The van der Waals surface area contributed by atoms with Crippen LogP contribution in [0.3, 0.4) is 0 Å². The van der Waals surface area contributed by atoms with Crippen LogP contribution in [0, 0.1) is 5.41 Å². The molecule has 0 aliphatic heterocycles. The lowest BCUT2D eigenvalue weighted by molar-refractivity contribution is -0.142. The Morgan fingerprint density at radius 1 is 1.27 bits per heavy atom. The van der Waals surface area contributed by atoms with Crippen molar-refractivity contribution in [2.75, 3.05) is 6.61 Å². The van der Waals surface area contributed by atoms with Crippen molar-refractivity contribution in [3.63, 3.8) is 0 Å². The van der Waals surface area contributed by atoms with Gasteiger partial charge in [0.15, 0.2) is 0 Å². The molecule has 0 unspecified atom stereocenters.